The first kappa shape index (κ1) is 19.3. The Balaban J connectivity index is 2.18. The van der Waals surface area contributed by atoms with Gasteiger partial charge in [-0.1, -0.05) is 12.1 Å². The van der Waals surface area contributed by atoms with E-state index in [9.17, 15) is 26.3 Å². The fourth-order valence-electron chi connectivity index (χ4n) is 2.36. The van der Waals surface area contributed by atoms with Crippen LogP contribution in [0.25, 0.3) is 17.1 Å². The number of rotatable bonds is 3. The number of alkyl halides is 6. The van der Waals surface area contributed by atoms with Gasteiger partial charge < -0.3 is 0 Å². The lowest BCUT2D eigenvalue weighted by atomic mass is 10.1. The van der Waals surface area contributed by atoms with Crippen molar-refractivity contribution in [3.8, 4) is 17.1 Å². The van der Waals surface area contributed by atoms with Crippen LogP contribution in [0.15, 0.2) is 53.4 Å². The molecule has 0 aliphatic heterocycles. The van der Waals surface area contributed by atoms with Crippen molar-refractivity contribution < 1.29 is 26.3 Å². The van der Waals surface area contributed by atoms with Crippen LogP contribution in [0.4, 0.5) is 26.3 Å². The van der Waals surface area contributed by atoms with Crippen molar-refractivity contribution in [2.45, 2.75) is 17.2 Å². The van der Waals surface area contributed by atoms with Gasteiger partial charge in [-0.25, -0.2) is 9.67 Å². The Morgan fingerprint density at radius 2 is 1.56 bits per heavy atom. The molecule has 27 heavy (non-hydrogen) atoms. The molecule has 0 bridgehead atoms. The summed E-state index contributed by atoms with van der Waals surface area (Å²) in [5, 5.41) is 3.47. The van der Waals surface area contributed by atoms with Gasteiger partial charge in [0.15, 0.2) is 5.82 Å². The van der Waals surface area contributed by atoms with Gasteiger partial charge in [0.05, 0.1) is 11.3 Å². The Labute approximate surface area is 154 Å². The van der Waals surface area contributed by atoms with Gasteiger partial charge in [0, 0.05) is 10.5 Å². The molecule has 3 aromatic rings. The molecular formula is C17H11F6N3S. The molecule has 0 fully saturated rings. The molecule has 0 aliphatic carbocycles. The summed E-state index contributed by atoms with van der Waals surface area (Å²) in [6.45, 7) is 0. The molecule has 3 nitrogen and oxygen atoms in total. The summed E-state index contributed by atoms with van der Waals surface area (Å²) >= 11 is 1.44. The highest BCUT2D eigenvalue weighted by Crippen LogP contribution is 2.34. The number of halogens is 6. The van der Waals surface area contributed by atoms with Crippen molar-refractivity contribution in [1.29, 1.82) is 0 Å². The van der Waals surface area contributed by atoms with E-state index < -0.39 is 23.7 Å². The van der Waals surface area contributed by atoms with Gasteiger partial charge in [0.1, 0.15) is 0 Å². The smallest absolute Gasteiger partial charge is 0.213 e. The van der Waals surface area contributed by atoms with Crippen LogP contribution < -0.4 is 0 Å². The van der Waals surface area contributed by atoms with Crippen LogP contribution in [-0.2, 0) is 12.4 Å². The average Bonchev–Trinajstić information content (AvgIpc) is 3.07. The lowest BCUT2D eigenvalue weighted by molar-refractivity contribution is -0.144. The lowest BCUT2D eigenvalue weighted by Gasteiger charge is -2.10. The molecule has 0 unspecified atom stereocenters. The number of aromatic nitrogens is 3. The van der Waals surface area contributed by atoms with Crippen LogP contribution in [0.5, 0.6) is 0 Å². The minimum atomic E-state index is -4.83. The van der Waals surface area contributed by atoms with Crippen molar-refractivity contribution in [2.24, 2.45) is 0 Å². The van der Waals surface area contributed by atoms with E-state index in [-0.39, 0.29) is 17.1 Å². The molecule has 1 aromatic heterocycles. The molecule has 0 amide bonds. The summed E-state index contributed by atoms with van der Waals surface area (Å²) in [6, 6.07) is 10.3. The van der Waals surface area contributed by atoms with E-state index in [0.717, 1.165) is 27.8 Å². The molecule has 0 saturated carbocycles. The average molecular weight is 403 g/mol. The van der Waals surface area contributed by atoms with Crippen molar-refractivity contribution in [2.75, 3.05) is 6.26 Å². The number of benzene rings is 2. The zero-order chi connectivity index (χ0) is 19.8. The quantitative estimate of drug-likeness (QED) is 0.416. The summed E-state index contributed by atoms with van der Waals surface area (Å²) in [7, 11) is 0. The normalized spacial score (nSPS) is 12.4. The zero-order valence-electron chi connectivity index (χ0n) is 13.6. The minimum absolute atomic E-state index is 0.123. The Kier molecular flexibility index (Phi) is 4.94. The Morgan fingerprint density at radius 3 is 2.11 bits per heavy atom. The molecule has 2 aromatic carbocycles. The molecule has 1 heterocycles. The predicted octanol–water partition coefficient (Wildman–Crippen LogP) is 5.69. The molecular weight excluding hydrogens is 392 g/mol. The fourth-order valence-corrected chi connectivity index (χ4v) is 2.77. The largest absolute Gasteiger partial charge is 0.453 e. The monoisotopic (exact) mass is 403 g/mol. The molecule has 0 aliphatic rings. The first-order chi connectivity index (χ1) is 12.6. The van der Waals surface area contributed by atoms with Crippen LogP contribution in [0, 0.1) is 0 Å². The molecule has 0 N–H and O–H groups in total. The van der Waals surface area contributed by atoms with Crippen LogP contribution in [-0.4, -0.2) is 21.0 Å². The van der Waals surface area contributed by atoms with E-state index >= 15 is 0 Å². The fraction of sp³-hybridized carbons (Fsp3) is 0.176. The number of thioether (sulfide) groups is 1. The van der Waals surface area contributed by atoms with Gasteiger partial charge in [-0.3, -0.25) is 0 Å². The van der Waals surface area contributed by atoms with E-state index in [1.807, 2.05) is 6.26 Å². The number of hydrogen-bond donors (Lipinski definition) is 0. The third kappa shape index (κ3) is 4.10. The second-order valence-corrected chi connectivity index (χ2v) is 6.32. The third-order valence-corrected chi connectivity index (χ3v) is 4.37. The van der Waals surface area contributed by atoms with Gasteiger partial charge >= 0.3 is 12.4 Å². The second kappa shape index (κ2) is 6.91. The summed E-state index contributed by atoms with van der Waals surface area (Å²) in [4.78, 5) is 4.32. The van der Waals surface area contributed by atoms with Crippen LogP contribution >= 0.6 is 11.8 Å². The van der Waals surface area contributed by atoms with E-state index in [4.69, 9.17) is 0 Å². The van der Waals surface area contributed by atoms with E-state index in [1.54, 1.807) is 12.1 Å². The van der Waals surface area contributed by atoms with Crippen molar-refractivity contribution >= 4 is 11.8 Å². The zero-order valence-corrected chi connectivity index (χ0v) is 14.5. The molecule has 0 spiro atoms. The first-order valence-corrected chi connectivity index (χ1v) is 8.68. The van der Waals surface area contributed by atoms with Gasteiger partial charge in [0.2, 0.25) is 0 Å². The highest BCUT2D eigenvalue weighted by Gasteiger charge is 2.38. The van der Waals surface area contributed by atoms with Crippen molar-refractivity contribution in [3.05, 3.63) is 59.9 Å². The highest BCUT2D eigenvalue weighted by molar-refractivity contribution is 7.98. The molecule has 0 atom stereocenters. The standard InChI is InChI=1S/C17H11F6N3S/c1-27-13-7-5-12(6-8-13)26-14(24-15(25-26)17(21,22)23)10-3-2-4-11(9-10)16(18,19)20/h2-9H,1H3. The van der Waals surface area contributed by atoms with Crippen molar-refractivity contribution in [1.82, 2.24) is 14.8 Å². The van der Waals surface area contributed by atoms with Gasteiger partial charge in [-0.2, -0.15) is 26.3 Å². The third-order valence-electron chi connectivity index (χ3n) is 3.63. The van der Waals surface area contributed by atoms with E-state index in [2.05, 4.69) is 10.1 Å². The maximum absolute atomic E-state index is 13.1. The minimum Gasteiger partial charge on any atom is -0.213 e. The first-order valence-electron chi connectivity index (χ1n) is 7.46. The number of nitrogens with zero attached hydrogens (tertiary/aromatic N) is 3. The summed E-state index contributed by atoms with van der Waals surface area (Å²) < 4.78 is 79.0. The molecule has 0 radical (unpaired) electrons. The Morgan fingerprint density at radius 1 is 0.889 bits per heavy atom. The highest BCUT2D eigenvalue weighted by atomic mass is 32.2. The van der Waals surface area contributed by atoms with E-state index in [1.165, 1.54) is 30.0 Å². The molecule has 0 saturated heterocycles. The Hall–Kier alpha value is -2.49. The van der Waals surface area contributed by atoms with Crippen LogP contribution in [0.1, 0.15) is 11.4 Å². The molecule has 142 valence electrons. The second-order valence-electron chi connectivity index (χ2n) is 5.45. The molecule has 10 heteroatoms. The maximum Gasteiger partial charge on any atom is 0.453 e. The van der Waals surface area contributed by atoms with Gasteiger partial charge in [-0.05, 0) is 42.7 Å². The lowest BCUT2D eigenvalue weighted by Crippen LogP contribution is -2.08. The summed E-state index contributed by atoms with van der Waals surface area (Å²) in [5.74, 6) is -1.76. The predicted molar refractivity (Wildman–Crippen MR) is 88.6 cm³/mol. The molecule has 3 rings (SSSR count). The summed E-state index contributed by atoms with van der Waals surface area (Å²) in [5.41, 5.74) is -0.856. The van der Waals surface area contributed by atoms with Crippen LogP contribution in [0.3, 0.4) is 0 Å². The van der Waals surface area contributed by atoms with Crippen LogP contribution in [0.2, 0.25) is 0 Å². The summed E-state index contributed by atoms with van der Waals surface area (Å²) in [6.07, 6.45) is -7.63. The SMILES string of the molecule is CSc1ccc(-n2nc(C(F)(F)F)nc2-c2cccc(C(F)(F)F)c2)cc1. The Bertz CT molecular complexity index is 945. The van der Waals surface area contributed by atoms with Gasteiger partial charge in [0.25, 0.3) is 5.82 Å². The van der Waals surface area contributed by atoms with Gasteiger partial charge in [-0.15, -0.1) is 16.9 Å². The van der Waals surface area contributed by atoms with E-state index in [0.29, 0.717) is 0 Å². The van der Waals surface area contributed by atoms with Crippen molar-refractivity contribution in [3.63, 3.8) is 0 Å². The number of hydrogen-bond acceptors (Lipinski definition) is 3. The maximum atomic E-state index is 13.1. The topological polar surface area (TPSA) is 30.7 Å².